The molecule has 0 fully saturated rings. The summed E-state index contributed by atoms with van der Waals surface area (Å²) in [5.74, 6) is 0.990. The molecule has 4 nitrogen and oxygen atoms in total. The van der Waals surface area contributed by atoms with E-state index >= 15 is 0 Å². The molecule has 0 aliphatic carbocycles. The molecule has 0 bridgehead atoms. The highest BCUT2D eigenvalue weighted by Crippen LogP contribution is 2.19. The summed E-state index contributed by atoms with van der Waals surface area (Å²) in [6.07, 6.45) is 2.66. The number of nitrogens with two attached hydrogens (primary N) is 2. The minimum Gasteiger partial charge on any atom is -0.383 e. The fraction of sp³-hybridized carbons (Fsp3) is 0.429. The van der Waals surface area contributed by atoms with Gasteiger partial charge in [-0.3, -0.25) is 0 Å². The second kappa shape index (κ2) is 3.62. The molecule has 1 rings (SSSR count). The molecule has 0 saturated carbocycles. The van der Waals surface area contributed by atoms with Crippen LogP contribution in [0.25, 0.3) is 0 Å². The van der Waals surface area contributed by atoms with Gasteiger partial charge in [0, 0.05) is 5.56 Å². The smallest absolute Gasteiger partial charge is 0.191 e. The van der Waals surface area contributed by atoms with Gasteiger partial charge in [0.25, 0.3) is 0 Å². The normalized spacial score (nSPS) is 10.2. The van der Waals surface area contributed by atoms with Gasteiger partial charge >= 0.3 is 0 Å². The number of nitrogens with zero attached hydrogens (tertiary/aromatic N) is 2. The van der Waals surface area contributed by atoms with Crippen molar-refractivity contribution < 1.29 is 0 Å². The standard InChI is InChI=1S/C7H12N4S/c1-3-4-5(8)10-7(12-2)11-6(4)9/h3H2,1-2H3,(H4,8,9,10,11). The summed E-state index contributed by atoms with van der Waals surface area (Å²) in [7, 11) is 0. The third-order valence-corrected chi connectivity index (χ3v) is 2.13. The second-order valence-corrected chi connectivity index (χ2v) is 3.09. The molecule has 0 saturated heterocycles. The molecule has 5 heteroatoms. The molecule has 0 unspecified atom stereocenters. The molecular weight excluding hydrogens is 172 g/mol. The summed E-state index contributed by atoms with van der Waals surface area (Å²) in [4.78, 5) is 8.15. The van der Waals surface area contributed by atoms with E-state index in [4.69, 9.17) is 11.5 Å². The van der Waals surface area contributed by atoms with Gasteiger partial charge in [-0.1, -0.05) is 18.7 Å². The maximum Gasteiger partial charge on any atom is 0.191 e. The topological polar surface area (TPSA) is 77.8 Å². The molecule has 12 heavy (non-hydrogen) atoms. The van der Waals surface area contributed by atoms with E-state index in [9.17, 15) is 0 Å². The lowest BCUT2D eigenvalue weighted by atomic mass is 10.2. The Hall–Kier alpha value is -0.970. The highest BCUT2D eigenvalue weighted by Gasteiger charge is 2.06. The molecule has 1 aromatic rings. The van der Waals surface area contributed by atoms with Crippen LogP contribution in [-0.4, -0.2) is 16.2 Å². The fourth-order valence-electron chi connectivity index (χ4n) is 0.951. The van der Waals surface area contributed by atoms with Crippen molar-refractivity contribution in [3.8, 4) is 0 Å². The summed E-state index contributed by atoms with van der Waals surface area (Å²) >= 11 is 1.43. The monoisotopic (exact) mass is 184 g/mol. The van der Waals surface area contributed by atoms with E-state index in [2.05, 4.69) is 9.97 Å². The Kier molecular flexibility index (Phi) is 2.75. The Morgan fingerprint density at radius 1 is 1.25 bits per heavy atom. The average Bonchev–Trinajstić information content (AvgIpc) is 2.03. The Balaban J connectivity index is 3.18. The van der Waals surface area contributed by atoms with Gasteiger partial charge in [0.2, 0.25) is 0 Å². The number of hydrogen-bond donors (Lipinski definition) is 2. The van der Waals surface area contributed by atoms with Crippen molar-refractivity contribution in [3.05, 3.63) is 5.56 Å². The minimum absolute atomic E-state index is 0.495. The van der Waals surface area contributed by atoms with Crippen molar-refractivity contribution in [2.75, 3.05) is 17.7 Å². The lowest BCUT2D eigenvalue weighted by molar-refractivity contribution is 0.949. The molecule has 1 aromatic heterocycles. The summed E-state index contributed by atoms with van der Waals surface area (Å²) in [5, 5.41) is 0.627. The second-order valence-electron chi connectivity index (χ2n) is 2.31. The Morgan fingerprint density at radius 2 is 1.75 bits per heavy atom. The first-order valence-electron chi connectivity index (χ1n) is 3.64. The zero-order valence-electron chi connectivity index (χ0n) is 7.16. The number of thioether (sulfide) groups is 1. The van der Waals surface area contributed by atoms with Crippen molar-refractivity contribution >= 4 is 23.4 Å². The molecule has 4 N–H and O–H groups in total. The van der Waals surface area contributed by atoms with Crippen molar-refractivity contribution in [3.63, 3.8) is 0 Å². The maximum atomic E-state index is 5.66. The summed E-state index contributed by atoms with van der Waals surface area (Å²) in [5.41, 5.74) is 12.2. The van der Waals surface area contributed by atoms with Crippen LogP contribution in [0.4, 0.5) is 11.6 Å². The van der Waals surface area contributed by atoms with Gasteiger partial charge in [0.15, 0.2) is 5.16 Å². The van der Waals surface area contributed by atoms with Gasteiger partial charge in [-0.25, -0.2) is 9.97 Å². The van der Waals surface area contributed by atoms with Crippen LogP contribution < -0.4 is 11.5 Å². The van der Waals surface area contributed by atoms with Crippen LogP contribution in [0.5, 0.6) is 0 Å². The van der Waals surface area contributed by atoms with Crippen LogP contribution in [0.3, 0.4) is 0 Å². The Labute approximate surface area is 75.8 Å². The van der Waals surface area contributed by atoms with E-state index < -0.39 is 0 Å². The molecule has 0 atom stereocenters. The van der Waals surface area contributed by atoms with Crippen molar-refractivity contribution in [1.82, 2.24) is 9.97 Å². The number of hydrogen-bond acceptors (Lipinski definition) is 5. The van der Waals surface area contributed by atoms with E-state index in [0.29, 0.717) is 16.8 Å². The SMILES string of the molecule is CCc1c(N)nc(SC)nc1N. The Bertz CT molecular complexity index is 264. The molecule has 0 radical (unpaired) electrons. The lowest BCUT2D eigenvalue weighted by Gasteiger charge is -2.05. The van der Waals surface area contributed by atoms with Gasteiger partial charge in [-0.2, -0.15) is 0 Å². The zero-order valence-corrected chi connectivity index (χ0v) is 7.98. The van der Waals surface area contributed by atoms with Crippen LogP contribution in [0.1, 0.15) is 12.5 Å². The molecule has 1 heterocycles. The van der Waals surface area contributed by atoms with Crippen LogP contribution in [-0.2, 0) is 6.42 Å². The first kappa shape index (κ1) is 9.12. The van der Waals surface area contributed by atoms with Crippen molar-refractivity contribution in [2.45, 2.75) is 18.5 Å². The zero-order chi connectivity index (χ0) is 9.14. The quantitative estimate of drug-likeness (QED) is 0.528. The predicted octanol–water partition coefficient (Wildman–Crippen LogP) is 0.925. The average molecular weight is 184 g/mol. The van der Waals surface area contributed by atoms with Gasteiger partial charge in [-0.05, 0) is 12.7 Å². The van der Waals surface area contributed by atoms with E-state index in [1.165, 1.54) is 11.8 Å². The predicted molar refractivity (Wildman–Crippen MR) is 52.0 cm³/mol. The van der Waals surface area contributed by atoms with Crippen LogP contribution in [0, 0.1) is 0 Å². The fourth-order valence-corrected chi connectivity index (χ4v) is 1.33. The summed E-state index contributed by atoms with van der Waals surface area (Å²) < 4.78 is 0. The molecule has 0 aliphatic heterocycles. The maximum absolute atomic E-state index is 5.66. The van der Waals surface area contributed by atoms with Crippen LogP contribution in [0.2, 0.25) is 0 Å². The van der Waals surface area contributed by atoms with Crippen molar-refractivity contribution in [1.29, 1.82) is 0 Å². The first-order chi connectivity index (χ1) is 5.69. The minimum atomic E-state index is 0.495. The van der Waals surface area contributed by atoms with E-state index in [1.54, 1.807) is 0 Å². The Morgan fingerprint density at radius 3 is 2.08 bits per heavy atom. The van der Waals surface area contributed by atoms with Gasteiger partial charge in [0.05, 0.1) is 0 Å². The van der Waals surface area contributed by atoms with E-state index in [1.807, 2.05) is 13.2 Å². The van der Waals surface area contributed by atoms with Crippen LogP contribution in [0.15, 0.2) is 5.16 Å². The summed E-state index contributed by atoms with van der Waals surface area (Å²) in [6, 6.07) is 0. The highest BCUT2D eigenvalue weighted by atomic mass is 32.2. The third-order valence-electron chi connectivity index (χ3n) is 1.59. The number of rotatable bonds is 2. The number of nitrogen functional groups attached to an aromatic ring is 2. The van der Waals surface area contributed by atoms with E-state index in [-0.39, 0.29) is 0 Å². The van der Waals surface area contributed by atoms with Gasteiger partial charge in [-0.15, -0.1) is 0 Å². The lowest BCUT2D eigenvalue weighted by Crippen LogP contribution is -2.05. The summed E-state index contributed by atoms with van der Waals surface area (Å²) in [6.45, 7) is 1.98. The van der Waals surface area contributed by atoms with Crippen molar-refractivity contribution in [2.24, 2.45) is 0 Å². The van der Waals surface area contributed by atoms with Gasteiger partial charge in [0.1, 0.15) is 11.6 Å². The molecular formula is C7H12N4S. The molecule has 0 spiro atoms. The molecule has 0 amide bonds. The largest absolute Gasteiger partial charge is 0.383 e. The number of anilines is 2. The van der Waals surface area contributed by atoms with Gasteiger partial charge < -0.3 is 11.5 Å². The molecule has 0 aliphatic rings. The van der Waals surface area contributed by atoms with E-state index in [0.717, 1.165) is 12.0 Å². The highest BCUT2D eigenvalue weighted by molar-refractivity contribution is 7.98. The third kappa shape index (κ3) is 1.61. The molecule has 66 valence electrons. The van der Waals surface area contributed by atoms with Crippen LogP contribution >= 0.6 is 11.8 Å². The first-order valence-corrected chi connectivity index (χ1v) is 4.87. The molecule has 0 aromatic carbocycles. The number of aromatic nitrogens is 2.